The number of carbonyl (C=O) groups excluding carboxylic acids is 1. The van der Waals surface area contributed by atoms with Crippen LogP contribution in [0.25, 0.3) is 0 Å². The van der Waals surface area contributed by atoms with E-state index in [4.69, 9.17) is 0 Å². The predicted octanol–water partition coefficient (Wildman–Crippen LogP) is 3.95. The molecule has 0 saturated heterocycles. The lowest BCUT2D eigenvalue weighted by molar-refractivity contribution is 0.102. The van der Waals surface area contributed by atoms with Gasteiger partial charge in [-0.25, -0.2) is 8.78 Å². The lowest BCUT2D eigenvalue weighted by Crippen LogP contribution is -2.14. The molecule has 21 heavy (non-hydrogen) atoms. The molecule has 0 aliphatic carbocycles. The van der Waals surface area contributed by atoms with E-state index in [0.717, 1.165) is 36.3 Å². The zero-order valence-electron chi connectivity index (χ0n) is 10.8. The molecule has 1 aliphatic rings. The highest BCUT2D eigenvalue weighted by atomic mass is 79.9. The van der Waals surface area contributed by atoms with Crippen molar-refractivity contribution in [2.24, 2.45) is 0 Å². The Morgan fingerprint density at radius 2 is 2.05 bits per heavy atom. The molecule has 1 heterocycles. The minimum absolute atomic E-state index is 0.0742. The maximum absolute atomic E-state index is 13.7. The van der Waals surface area contributed by atoms with Gasteiger partial charge in [-0.15, -0.1) is 0 Å². The largest absolute Gasteiger partial charge is 0.384 e. The third-order valence-electron chi connectivity index (χ3n) is 3.33. The van der Waals surface area contributed by atoms with Gasteiger partial charge in [0.2, 0.25) is 0 Å². The molecule has 0 radical (unpaired) electrons. The van der Waals surface area contributed by atoms with E-state index in [0.29, 0.717) is 5.56 Å². The minimum atomic E-state index is -0.825. The number of hydrogen-bond acceptors (Lipinski definition) is 2. The Kier molecular flexibility index (Phi) is 3.63. The first-order valence-electron chi connectivity index (χ1n) is 6.37. The summed E-state index contributed by atoms with van der Waals surface area (Å²) in [5.41, 5.74) is 2.41. The van der Waals surface area contributed by atoms with Gasteiger partial charge in [-0.1, -0.05) is 6.07 Å². The van der Waals surface area contributed by atoms with Crippen molar-refractivity contribution in [3.05, 3.63) is 57.6 Å². The second-order valence-corrected chi connectivity index (χ2v) is 5.60. The fraction of sp³-hybridized carbons (Fsp3) is 0.133. The fourth-order valence-electron chi connectivity index (χ4n) is 2.28. The number of halogens is 3. The lowest BCUT2D eigenvalue weighted by atomic mass is 10.1. The summed E-state index contributed by atoms with van der Waals surface area (Å²) in [4.78, 5) is 12.2. The molecule has 2 N–H and O–H groups in total. The number of rotatable bonds is 2. The molecule has 0 aromatic heterocycles. The van der Waals surface area contributed by atoms with Crippen LogP contribution in [-0.2, 0) is 6.42 Å². The minimum Gasteiger partial charge on any atom is -0.384 e. The van der Waals surface area contributed by atoms with Gasteiger partial charge in [0, 0.05) is 28.3 Å². The maximum Gasteiger partial charge on any atom is 0.255 e. The second kappa shape index (κ2) is 5.44. The summed E-state index contributed by atoms with van der Waals surface area (Å²) < 4.78 is 26.9. The highest BCUT2D eigenvalue weighted by molar-refractivity contribution is 9.10. The summed E-state index contributed by atoms with van der Waals surface area (Å²) in [7, 11) is 0. The van der Waals surface area contributed by atoms with Crippen molar-refractivity contribution < 1.29 is 13.6 Å². The number of hydrogen-bond donors (Lipinski definition) is 2. The summed E-state index contributed by atoms with van der Waals surface area (Å²) in [6.45, 7) is 0.846. The van der Waals surface area contributed by atoms with E-state index in [2.05, 4.69) is 26.6 Å². The topological polar surface area (TPSA) is 41.1 Å². The van der Waals surface area contributed by atoms with E-state index in [1.165, 1.54) is 0 Å². The molecule has 1 aliphatic heterocycles. The van der Waals surface area contributed by atoms with E-state index in [9.17, 15) is 13.6 Å². The number of carbonyl (C=O) groups is 1. The standard InChI is InChI=1S/C15H11BrF2N2O/c16-11-6-10(17)7-12(18)14(11)20-15(21)9-2-1-8-3-4-19-13(8)5-9/h1-2,5-7,19H,3-4H2,(H,20,21). The normalized spacial score (nSPS) is 12.7. The van der Waals surface area contributed by atoms with Crippen molar-refractivity contribution in [1.29, 1.82) is 0 Å². The van der Waals surface area contributed by atoms with Crippen molar-refractivity contribution in [1.82, 2.24) is 0 Å². The van der Waals surface area contributed by atoms with Gasteiger partial charge in [-0.3, -0.25) is 4.79 Å². The van der Waals surface area contributed by atoms with Crippen molar-refractivity contribution in [3.63, 3.8) is 0 Å². The van der Waals surface area contributed by atoms with Crippen LogP contribution in [0, 0.1) is 11.6 Å². The molecular weight excluding hydrogens is 342 g/mol. The van der Waals surface area contributed by atoms with E-state index in [1.54, 1.807) is 12.1 Å². The SMILES string of the molecule is O=C(Nc1c(F)cc(F)cc1Br)c1ccc2c(c1)NCC2. The first-order valence-corrected chi connectivity index (χ1v) is 7.16. The summed E-state index contributed by atoms with van der Waals surface area (Å²) in [6.07, 6.45) is 0.926. The molecule has 0 atom stereocenters. The molecule has 6 heteroatoms. The lowest BCUT2D eigenvalue weighted by Gasteiger charge is -2.10. The molecule has 3 nitrogen and oxygen atoms in total. The number of benzene rings is 2. The van der Waals surface area contributed by atoms with Crippen LogP contribution in [0.1, 0.15) is 15.9 Å². The molecular formula is C15H11BrF2N2O. The van der Waals surface area contributed by atoms with Gasteiger partial charge in [0.05, 0.1) is 5.69 Å². The Hall–Kier alpha value is -1.95. The van der Waals surface area contributed by atoms with Crippen LogP contribution in [0.2, 0.25) is 0 Å². The summed E-state index contributed by atoms with van der Waals surface area (Å²) in [5.74, 6) is -1.98. The molecule has 108 valence electrons. The van der Waals surface area contributed by atoms with Gasteiger partial charge in [-0.2, -0.15) is 0 Å². The first kappa shape index (κ1) is 14.0. The van der Waals surface area contributed by atoms with Gasteiger partial charge in [0.25, 0.3) is 5.91 Å². The van der Waals surface area contributed by atoms with Crippen LogP contribution in [-0.4, -0.2) is 12.5 Å². The molecule has 2 aromatic carbocycles. The predicted molar refractivity (Wildman–Crippen MR) is 80.6 cm³/mol. The Labute approximate surface area is 128 Å². The first-order chi connectivity index (χ1) is 10.0. The van der Waals surface area contributed by atoms with Crippen molar-refractivity contribution in [2.45, 2.75) is 6.42 Å². The molecule has 0 unspecified atom stereocenters. The van der Waals surface area contributed by atoms with Gasteiger partial charge in [0.1, 0.15) is 5.82 Å². The maximum atomic E-state index is 13.7. The fourth-order valence-corrected chi connectivity index (χ4v) is 2.79. The van der Waals surface area contributed by atoms with E-state index in [-0.39, 0.29) is 10.2 Å². The van der Waals surface area contributed by atoms with Gasteiger partial charge >= 0.3 is 0 Å². The zero-order valence-corrected chi connectivity index (χ0v) is 12.4. The van der Waals surface area contributed by atoms with Crippen molar-refractivity contribution in [2.75, 3.05) is 17.2 Å². The number of fused-ring (bicyclic) bond motifs is 1. The van der Waals surface area contributed by atoms with Crippen LogP contribution in [0.3, 0.4) is 0 Å². The van der Waals surface area contributed by atoms with Crippen molar-refractivity contribution >= 4 is 33.2 Å². The monoisotopic (exact) mass is 352 g/mol. The summed E-state index contributed by atoms with van der Waals surface area (Å²) >= 11 is 3.04. The van der Waals surface area contributed by atoms with Crippen LogP contribution in [0.5, 0.6) is 0 Å². The molecule has 1 amide bonds. The third kappa shape index (κ3) is 2.76. The highest BCUT2D eigenvalue weighted by Crippen LogP contribution is 2.28. The summed E-state index contributed by atoms with van der Waals surface area (Å²) in [6, 6.07) is 7.12. The number of anilines is 2. The highest BCUT2D eigenvalue weighted by Gasteiger charge is 2.16. The number of nitrogens with one attached hydrogen (secondary N) is 2. The van der Waals surface area contributed by atoms with E-state index >= 15 is 0 Å². The molecule has 0 fully saturated rings. The van der Waals surface area contributed by atoms with Crippen LogP contribution >= 0.6 is 15.9 Å². The average Bonchev–Trinajstić information content (AvgIpc) is 2.89. The third-order valence-corrected chi connectivity index (χ3v) is 3.95. The van der Waals surface area contributed by atoms with Crippen molar-refractivity contribution in [3.8, 4) is 0 Å². The molecule has 0 saturated carbocycles. The zero-order chi connectivity index (χ0) is 15.0. The van der Waals surface area contributed by atoms with E-state index in [1.807, 2.05) is 6.07 Å². The van der Waals surface area contributed by atoms with Crippen LogP contribution in [0.15, 0.2) is 34.8 Å². The van der Waals surface area contributed by atoms with E-state index < -0.39 is 17.5 Å². The average molecular weight is 353 g/mol. The van der Waals surface area contributed by atoms with Gasteiger partial charge in [0.15, 0.2) is 5.82 Å². The molecule has 0 spiro atoms. The Morgan fingerprint density at radius 3 is 2.81 bits per heavy atom. The van der Waals surface area contributed by atoms with Gasteiger partial charge in [-0.05, 0) is 46.1 Å². The van der Waals surface area contributed by atoms with Crippen LogP contribution < -0.4 is 10.6 Å². The Morgan fingerprint density at radius 1 is 1.24 bits per heavy atom. The summed E-state index contributed by atoms with van der Waals surface area (Å²) in [5, 5.41) is 5.63. The Balaban J connectivity index is 1.87. The quantitative estimate of drug-likeness (QED) is 0.859. The smallest absolute Gasteiger partial charge is 0.255 e. The molecule has 0 bridgehead atoms. The Bertz CT molecular complexity index is 711. The van der Waals surface area contributed by atoms with Gasteiger partial charge < -0.3 is 10.6 Å². The van der Waals surface area contributed by atoms with Crippen LogP contribution in [0.4, 0.5) is 20.2 Å². The molecule has 2 aromatic rings. The number of amides is 1. The second-order valence-electron chi connectivity index (χ2n) is 4.75. The molecule has 3 rings (SSSR count).